The van der Waals surface area contributed by atoms with Crippen LogP contribution in [0, 0.1) is 0 Å². The maximum atomic E-state index is 12.7. The minimum atomic E-state index is -4.34. The van der Waals surface area contributed by atoms with Crippen molar-refractivity contribution in [3.63, 3.8) is 0 Å². The topological polar surface area (TPSA) is 51.2 Å². The van der Waals surface area contributed by atoms with Crippen molar-refractivity contribution in [2.45, 2.75) is 19.2 Å². The van der Waals surface area contributed by atoms with E-state index < -0.39 is 17.8 Å². The number of carbonyl (C=O) groups is 1. The van der Waals surface area contributed by atoms with Crippen LogP contribution in [0.3, 0.4) is 0 Å². The van der Waals surface area contributed by atoms with Crippen molar-refractivity contribution in [1.82, 2.24) is 4.98 Å². The molecule has 0 radical (unpaired) electrons. The molecule has 0 fully saturated rings. The van der Waals surface area contributed by atoms with Gasteiger partial charge in [-0.2, -0.15) is 13.2 Å². The lowest BCUT2D eigenvalue weighted by Gasteiger charge is -2.07. The van der Waals surface area contributed by atoms with Crippen LogP contribution in [-0.4, -0.2) is 11.1 Å². The molecule has 4 aromatic rings. The van der Waals surface area contributed by atoms with Gasteiger partial charge in [-0.3, -0.25) is 5.32 Å². The molecule has 4 rings (SSSR count). The molecule has 1 amide bonds. The largest absolute Gasteiger partial charge is 0.444 e. The van der Waals surface area contributed by atoms with Crippen LogP contribution in [0.15, 0.2) is 84.2 Å². The minimum Gasteiger partial charge on any atom is -0.444 e. The van der Waals surface area contributed by atoms with Crippen molar-refractivity contribution in [3.8, 4) is 11.3 Å². The second kappa shape index (κ2) is 9.87. The maximum Gasteiger partial charge on any atom is 0.416 e. The average Bonchev–Trinajstić information content (AvgIpc) is 3.27. The number of aromatic nitrogens is 1. The Balaban J connectivity index is 1.33. The Kier molecular flexibility index (Phi) is 6.74. The van der Waals surface area contributed by atoms with Gasteiger partial charge in [-0.1, -0.05) is 54.6 Å². The highest BCUT2D eigenvalue weighted by Gasteiger charge is 2.29. The number of hydrogen-bond acceptors (Lipinski definition) is 4. The van der Waals surface area contributed by atoms with E-state index >= 15 is 0 Å². The van der Waals surface area contributed by atoms with Crippen LogP contribution >= 0.6 is 11.3 Å². The summed E-state index contributed by atoms with van der Waals surface area (Å²) in [6.45, 7) is 0.186. The molecule has 0 saturated heterocycles. The first-order valence-corrected chi connectivity index (χ1v) is 10.9. The fourth-order valence-corrected chi connectivity index (χ4v) is 3.95. The fourth-order valence-electron chi connectivity index (χ4n) is 3.11. The van der Waals surface area contributed by atoms with Gasteiger partial charge in [-0.15, -0.1) is 11.3 Å². The van der Waals surface area contributed by atoms with E-state index in [1.165, 1.54) is 23.5 Å². The van der Waals surface area contributed by atoms with Crippen LogP contribution in [0.5, 0.6) is 0 Å². The summed E-state index contributed by atoms with van der Waals surface area (Å²) >= 11 is 1.45. The van der Waals surface area contributed by atoms with Gasteiger partial charge in [0.1, 0.15) is 6.61 Å². The normalized spacial score (nSPS) is 11.2. The van der Waals surface area contributed by atoms with Gasteiger partial charge < -0.3 is 4.74 Å². The Morgan fingerprint density at radius 2 is 1.61 bits per heavy atom. The zero-order valence-corrected chi connectivity index (χ0v) is 18.1. The molecule has 1 heterocycles. The van der Waals surface area contributed by atoms with Crippen molar-refractivity contribution in [1.29, 1.82) is 0 Å². The second-order valence-corrected chi connectivity index (χ2v) is 8.20. The number of thiazole rings is 1. The Hall–Kier alpha value is -3.65. The minimum absolute atomic E-state index is 0.186. The predicted octanol–water partition coefficient (Wildman–Crippen LogP) is 7.17. The molecule has 0 saturated carbocycles. The molecule has 0 aliphatic heterocycles. The highest BCUT2D eigenvalue weighted by atomic mass is 32.1. The van der Waals surface area contributed by atoms with Gasteiger partial charge in [0, 0.05) is 23.1 Å². The monoisotopic (exact) mass is 468 g/mol. The third-order valence-electron chi connectivity index (χ3n) is 4.83. The molecule has 8 heteroatoms. The molecule has 4 nitrogen and oxygen atoms in total. The number of amides is 1. The van der Waals surface area contributed by atoms with Crippen LogP contribution in [0.1, 0.15) is 21.7 Å². The Labute approximate surface area is 192 Å². The van der Waals surface area contributed by atoms with Gasteiger partial charge in [0.25, 0.3) is 0 Å². The van der Waals surface area contributed by atoms with E-state index in [2.05, 4.69) is 10.3 Å². The summed E-state index contributed by atoms with van der Waals surface area (Å²) in [7, 11) is 0. The van der Waals surface area contributed by atoms with Gasteiger partial charge in [-0.05, 0) is 35.4 Å². The lowest BCUT2D eigenvalue weighted by molar-refractivity contribution is -0.137. The van der Waals surface area contributed by atoms with Crippen LogP contribution in [0.4, 0.5) is 23.7 Å². The second-order valence-electron chi connectivity index (χ2n) is 7.26. The molecule has 0 bridgehead atoms. The van der Waals surface area contributed by atoms with E-state index in [4.69, 9.17) is 4.74 Å². The van der Waals surface area contributed by atoms with Crippen LogP contribution in [0.2, 0.25) is 0 Å². The van der Waals surface area contributed by atoms with Crippen LogP contribution in [0.25, 0.3) is 11.3 Å². The van der Waals surface area contributed by atoms with Crippen molar-refractivity contribution in [2.24, 2.45) is 0 Å². The van der Waals surface area contributed by atoms with Crippen LogP contribution in [-0.2, 0) is 23.9 Å². The highest BCUT2D eigenvalue weighted by molar-refractivity contribution is 7.10. The summed E-state index contributed by atoms with van der Waals surface area (Å²) in [6, 6.07) is 21.7. The van der Waals surface area contributed by atoms with Crippen molar-refractivity contribution < 1.29 is 22.7 Å². The van der Waals surface area contributed by atoms with Crippen molar-refractivity contribution in [2.75, 3.05) is 5.32 Å². The first kappa shape index (κ1) is 22.5. The number of ether oxygens (including phenoxy) is 1. The summed E-state index contributed by atoms with van der Waals surface area (Å²) in [5, 5.41) is 5.39. The summed E-state index contributed by atoms with van der Waals surface area (Å²) in [6.07, 6.45) is -4.43. The number of halogens is 3. The van der Waals surface area contributed by atoms with E-state index in [0.717, 1.165) is 39.5 Å². The van der Waals surface area contributed by atoms with Gasteiger partial charge in [-0.25, -0.2) is 9.78 Å². The highest BCUT2D eigenvalue weighted by Crippen LogP contribution is 2.30. The number of benzene rings is 3. The van der Waals surface area contributed by atoms with E-state index in [0.29, 0.717) is 12.1 Å². The van der Waals surface area contributed by atoms with E-state index in [1.807, 2.05) is 47.8 Å². The SMILES string of the molecule is O=C(Nc1ccc(-c2csc(Cc3ccc(C(F)(F)F)cc3)n2)cc1)OCc1ccccc1. The average molecular weight is 469 g/mol. The summed E-state index contributed by atoms with van der Waals surface area (Å²) in [5.74, 6) is 0. The van der Waals surface area contributed by atoms with Crippen molar-refractivity contribution >= 4 is 23.1 Å². The number of rotatable bonds is 6. The number of carbonyl (C=O) groups excluding carboxylic acids is 1. The number of nitrogens with one attached hydrogen (secondary N) is 1. The Morgan fingerprint density at radius 1 is 0.909 bits per heavy atom. The number of alkyl halides is 3. The third kappa shape index (κ3) is 6.20. The van der Waals surface area contributed by atoms with Crippen molar-refractivity contribution in [3.05, 3.63) is 106 Å². The lowest BCUT2D eigenvalue weighted by atomic mass is 10.1. The molecular weight excluding hydrogens is 449 g/mol. The summed E-state index contributed by atoms with van der Waals surface area (Å²) in [4.78, 5) is 16.6. The first-order chi connectivity index (χ1) is 15.9. The Morgan fingerprint density at radius 3 is 2.27 bits per heavy atom. The molecule has 0 unspecified atom stereocenters. The quantitative estimate of drug-likeness (QED) is 0.326. The standard InChI is InChI=1S/C25H19F3N2O2S/c26-25(27,28)20-10-6-17(7-11-20)14-23-30-22(16-33-23)19-8-12-21(13-9-19)29-24(31)32-15-18-4-2-1-3-5-18/h1-13,16H,14-15H2,(H,29,31). The van der Waals surface area contributed by atoms with Gasteiger partial charge >= 0.3 is 12.3 Å². The molecule has 0 aliphatic rings. The maximum absolute atomic E-state index is 12.7. The fraction of sp³-hybridized carbons (Fsp3) is 0.120. The lowest BCUT2D eigenvalue weighted by Crippen LogP contribution is -2.13. The molecule has 1 N–H and O–H groups in total. The smallest absolute Gasteiger partial charge is 0.416 e. The summed E-state index contributed by atoms with van der Waals surface area (Å²) < 4.78 is 43.3. The number of anilines is 1. The zero-order valence-electron chi connectivity index (χ0n) is 17.3. The molecular formula is C25H19F3N2O2S. The van der Waals surface area contributed by atoms with Gasteiger partial charge in [0.05, 0.1) is 16.3 Å². The molecule has 0 spiro atoms. The third-order valence-corrected chi connectivity index (χ3v) is 5.68. The number of hydrogen-bond donors (Lipinski definition) is 1. The molecule has 0 atom stereocenters. The molecule has 33 heavy (non-hydrogen) atoms. The van der Waals surface area contributed by atoms with Gasteiger partial charge in [0.2, 0.25) is 0 Å². The molecule has 168 valence electrons. The predicted molar refractivity (Wildman–Crippen MR) is 122 cm³/mol. The first-order valence-electron chi connectivity index (χ1n) is 10.1. The van der Waals surface area contributed by atoms with Gasteiger partial charge in [0.15, 0.2) is 0 Å². The van der Waals surface area contributed by atoms with E-state index in [9.17, 15) is 18.0 Å². The van der Waals surface area contributed by atoms with E-state index in [-0.39, 0.29) is 6.61 Å². The summed E-state index contributed by atoms with van der Waals surface area (Å²) in [5.41, 5.74) is 3.23. The zero-order chi connectivity index (χ0) is 23.3. The molecule has 3 aromatic carbocycles. The molecule has 0 aliphatic carbocycles. The van der Waals surface area contributed by atoms with Crippen LogP contribution < -0.4 is 5.32 Å². The van der Waals surface area contributed by atoms with E-state index in [1.54, 1.807) is 12.1 Å². The Bertz CT molecular complexity index is 1210. The molecule has 1 aromatic heterocycles. The number of nitrogens with zero attached hydrogens (tertiary/aromatic N) is 1.